The second kappa shape index (κ2) is 5.47. The Balaban J connectivity index is 1.63. The summed E-state index contributed by atoms with van der Waals surface area (Å²) < 4.78 is 0. The Kier molecular flexibility index (Phi) is 3.97. The number of rotatable bonds is 6. The van der Waals surface area contributed by atoms with E-state index in [2.05, 4.69) is 22.2 Å². The van der Waals surface area contributed by atoms with Crippen LogP contribution in [0.25, 0.3) is 0 Å². The van der Waals surface area contributed by atoms with Crippen molar-refractivity contribution in [3.8, 4) is 0 Å². The molecule has 2 rings (SSSR count). The van der Waals surface area contributed by atoms with Crippen LogP contribution in [0.2, 0.25) is 0 Å². The van der Waals surface area contributed by atoms with Gasteiger partial charge >= 0.3 is 0 Å². The second-order valence-electron chi connectivity index (χ2n) is 4.15. The molecule has 3 nitrogen and oxygen atoms in total. The molecule has 0 amide bonds. The average Bonchev–Trinajstić information content (AvgIpc) is 3.09. The summed E-state index contributed by atoms with van der Waals surface area (Å²) in [7, 11) is 0. The van der Waals surface area contributed by atoms with Gasteiger partial charge in [0, 0.05) is 18.0 Å². The highest BCUT2D eigenvalue weighted by Gasteiger charge is 2.20. The predicted molar refractivity (Wildman–Crippen MR) is 62.9 cm³/mol. The Morgan fingerprint density at radius 3 is 3.13 bits per heavy atom. The topological polar surface area (TPSA) is 37.8 Å². The molecule has 0 aliphatic heterocycles. The molecule has 1 saturated carbocycles. The van der Waals surface area contributed by atoms with Crippen molar-refractivity contribution in [1.29, 1.82) is 0 Å². The average molecular weight is 223 g/mol. The molecule has 1 atom stereocenters. The van der Waals surface area contributed by atoms with Crippen molar-refractivity contribution in [3.63, 3.8) is 0 Å². The highest BCUT2D eigenvalue weighted by atomic mass is 32.2. The van der Waals surface area contributed by atoms with Crippen LogP contribution in [0.5, 0.6) is 0 Å². The third-order valence-electron chi connectivity index (χ3n) is 2.40. The van der Waals surface area contributed by atoms with Gasteiger partial charge in [0.25, 0.3) is 0 Å². The molecule has 1 aromatic rings. The molecule has 4 heteroatoms. The Hall–Kier alpha value is -0.610. The van der Waals surface area contributed by atoms with Crippen molar-refractivity contribution in [1.82, 2.24) is 15.3 Å². The first-order chi connectivity index (χ1) is 7.34. The van der Waals surface area contributed by atoms with Gasteiger partial charge in [-0.1, -0.05) is 6.92 Å². The van der Waals surface area contributed by atoms with E-state index in [4.69, 9.17) is 0 Å². The van der Waals surface area contributed by atoms with Gasteiger partial charge in [-0.2, -0.15) is 0 Å². The maximum Gasteiger partial charge on any atom is 0.116 e. The van der Waals surface area contributed by atoms with Gasteiger partial charge in [0.05, 0.1) is 5.03 Å². The predicted octanol–water partition coefficient (Wildman–Crippen LogP) is 1.96. The van der Waals surface area contributed by atoms with Gasteiger partial charge in [0.2, 0.25) is 0 Å². The molecule has 0 radical (unpaired) electrons. The van der Waals surface area contributed by atoms with Crippen LogP contribution in [-0.4, -0.2) is 28.3 Å². The highest BCUT2D eigenvalue weighted by molar-refractivity contribution is 7.99. The van der Waals surface area contributed by atoms with Gasteiger partial charge in [0.1, 0.15) is 6.33 Å². The lowest BCUT2D eigenvalue weighted by atomic mass is 10.2. The Morgan fingerprint density at radius 1 is 1.60 bits per heavy atom. The van der Waals surface area contributed by atoms with E-state index < -0.39 is 0 Å². The quantitative estimate of drug-likeness (QED) is 0.591. The Labute approximate surface area is 95.1 Å². The second-order valence-corrected chi connectivity index (χ2v) is 5.19. The third-order valence-corrected chi connectivity index (χ3v) is 3.68. The molecule has 15 heavy (non-hydrogen) atoms. The number of nitrogens with zero attached hydrogens (tertiary/aromatic N) is 2. The first-order valence-corrected chi connectivity index (χ1v) is 6.45. The summed E-state index contributed by atoms with van der Waals surface area (Å²) in [4.78, 5) is 8.09. The third kappa shape index (κ3) is 4.18. The monoisotopic (exact) mass is 223 g/mol. The van der Waals surface area contributed by atoms with Gasteiger partial charge in [-0.05, 0) is 31.4 Å². The SMILES string of the molecule is CC(CNC1CC1)CSc1ccncn1. The van der Waals surface area contributed by atoms with Crippen LogP contribution in [0, 0.1) is 5.92 Å². The van der Waals surface area contributed by atoms with Crippen molar-refractivity contribution in [3.05, 3.63) is 18.6 Å². The largest absolute Gasteiger partial charge is 0.314 e. The lowest BCUT2D eigenvalue weighted by Gasteiger charge is -2.11. The Morgan fingerprint density at radius 2 is 2.47 bits per heavy atom. The van der Waals surface area contributed by atoms with Crippen LogP contribution in [0.3, 0.4) is 0 Å². The van der Waals surface area contributed by atoms with Crippen LogP contribution in [-0.2, 0) is 0 Å². The van der Waals surface area contributed by atoms with Crippen LogP contribution >= 0.6 is 11.8 Å². The van der Waals surface area contributed by atoms with Gasteiger partial charge in [0.15, 0.2) is 0 Å². The van der Waals surface area contributed by atoms with Gasteiger partial charge in [-0.15, -0.1) is 11.8 Å². The van der Waals surface area contributed by atoms with E-state index >= 15 is 0 Å². The number of hydrogen-bond acceptors (Lipinski definition) is 4. The molecule has 1 aliphatic carbocycles. The molecule has 1 heterocycles. The molecule has 0 spiro atoms. The van der Waals surface area contributed by atoms with E-state index in [0.717, 1.165) is 23.4 Å². The van der Waals surface area contributed by atoms with E-state index in [1.54, 1.807) is 12.5 Å². The number of nitrogens with one attached hydrogen (secondary N) is 1. The zero-order valence-corrected chi connectivity index (χ0v) is 9.83. The van der Waals surface area contributed by atoms with Crippen molar-refractivity contribution in [2.75, 3.05) is 12.3 Å². The summed E-state index contributed by atoms with van der Waals surface area (Å²) in [6, 6.07) is 2.78. The first kappa shape index (κ1) is 10.9. The maximum absolute atomic E-state index is 4.19. The van der Waals surface area contributed by atoms with E-state index in [0.29, 0.717) is 5.92 Å². The standard InChI is InChI=1S/C11H17N3S/c1-9(6-13-10-2-3-10)7-15-11-4-5-12-8-14-11/h4-5,8-10,13H,2-3,6-7H2,1H3. The molecular formula is C11H17N3S. The zero-order valence-electron chi connectivity index (χ0n) is 9.02. The van der Waals surface area contributed by atoms with Gasteiger partial charge in [-0.25, -0.2) is 9.97 Å². The summed E-state index contributed by atoms with van der Waals surface area (Å²) in [5.41, 5.74) is 0. The minimum atomic E-state index is 0.700. The van der Waals surface area contributed by atoms with Crippen molar-refractivity contribution in [2.45, 2.75) is 30.8 Å². The molecule has 1 N–H and O–H groups in total. The maximum atomic E-state index is 4.19. The van der Waals surface area contributed by atoms with Crippen molar-refractivity contribution >= 4 is 11.8 Å². The fourth-order valence-corrected chi connectivity index (χ4v) is 2.16. The number of aromatic nitrogens is 2. The van der Waals surface area contributed by atoms with Gasteiger partial charge in [-0.3, -0.25) is 0 Å². The minimum Gasteiger partial charge on any atom is -0.314 e. The molecule has 0 aromatic carbocycles. The minimum absolute atomic E-state index is 0.700. The normalized spacial score (nSPS) is 17.7. The summed E-state index contributed by atoms with van der Waals surface area (Å²) in [6.07, 6.45) is 6.13. The fourth-order valence-electron chi connectivity index (χ4n) is 1.31. The van der Waals surface area contributed by atoms with E-state index in [1.165, 1.54) is 12.8 Å². The number of hydrogen-bond donors (Lipinski definition) is 1. The Bertz CT molecular complexity index is 287. The molecule has 0 bridgehead atoms. The molecular weight excluding hydrogens is 206 g/mol. The first-order valence-electron chi connectivity index (χ1n) is 5.47. The molecule has 1 aliphatic rings. The van der Waals surface area contributed by atoms with Gasteiger partial charge < -0.3 is 5.32 Å². The lowest BCUT2D eigenvalue weighted by Crippen LogP contribution is -2.24. The van der Waals surface area contributed by atoms with Crippen LogP contribution < -0.4 is 5.32 Å². The van der Waals surface area contributed by atoms with E-state index in [1.807, 2.05) is 17.8 Å². The lowest BCUT2D eigenvalue weighted by molar-refractivity contribution is 0.556. The zero-order chi connectivity index (χ0) is 10.5. The fraction of sp³-hybridized carbons (Fsp3) is 0.636. The van der Waals surface area contributed by atoms with E-state index in [-0.39, 0.29) is 0 Å². The summed E-state index contributed by atoms with van der Waals surface area (Å²) in [5, 5.41) is 4.62. The van der Waals surface area contributed by atoms with Crippen LogP contribution in [0.4, 0.5) is 0 Å². The summed E-state index contributed by atoms with van der Waals surface area (Å²) in [5.74, 6) is 1.82. The number of thioether (sulfide) groups is 1. The molecule has 82 valence electrons. The summed E-state index contributed by atoms with van der Waals surface area (Å²) >= 11 is 1.81. The molecule has 1 fully saturated rings. The van der Waals surface area contributed by atoms with Crippen molar-refractivity contribution in [2.24, 2.45) is 5.92 Å². The smallest absolute Gasteiger partial charge is 0.116 e. The highest BCUT2D eigenvalue weighted by Crippen LogP contribution is 2.20. The van der Waals surface area contributed by atoms with Crippen molar-refractivity contribution < 1.29 is 0 Å². The van der Waals surface area contributed by atoms with E-state index in [9.17, 15) is 0 Å². The molecule has 1 unspecified atom stereocenters. The van der Waals surface area contributed by atoms with Crippen LogP contribution in [0.1, 0.15) is 19.8 Å². The summed E-state index contributed by atoms with van der Waals surface area (Å²) in [6.45, 7) is 3.41. The van der Waals surface area contributed by atoms with Crippen LogP contribution in [0.15, 0.2) is 23.6 Å². The molecule has 0 saturated heterocycles. The molecule has 1 aromatic heterocycles.